The van der Waals surface area contributed by atoms with Crippen LogP contribution in [0.3, 0.4) is 0 Å². The van der Waals surface area contributed by atoms with E-state index in [1.165, 1.54) is 36.1 Å². The Hall–Kier alpha value is -0.510. The van der Waals surface area contributed by atoms with Gasteiger partial charge in [-0.15, -0.1) is 11.8 Å². The fourth-order valence-corrected chi connectivity index (χ4v) is 3.14. The molecular formula is C15H23NOS. The molecule has 1 aliphatic rings. The third-order valence-corrected chi connectivity index (χ3v) is 4.73. The molecule has 1 fully saturated rings. The van der Waals surface area contributed by atoms with Crippen LogP contribution in [0.15, 0.2) is 29.2 Å². The molecule has 2 N–H and O–H groups in total. The minimum Gasteiger partial charge on any atom is -0.396 e. The Morgan fingerprint density at radius 2 is 1.89 bits per heavy atom. The number of thioether (sulfide) groups is 1. The molecule has 1 aliphatic carbocycles. The Kier molecular flexibility index (Phi) is 5.10. The second-order valence-electron chi connectivity index (χ2n) is 5.32. The molecule has 1 aromatic rings. The van der Waals surface area contributed by atoms with Crippen molar-refractivity contribution in [2.24, 2.45) is 5.41 Å². The highest BCUT2D eigenvalue weighted by molar-refractivity contribution is 7.98. The normalized spacial score (nSPS) is 18.1. The first-order valence-corrected chi connectivity index (χ1v) is 7.95. The minimum atomic E-state index is 0.152. The van der Waals surface area contributed by atoms with Crippen LogP contribution >= 0.6 is 11.8 Å². The number of benzene rings is 1. The highest BCUT2D eigenvalue weighted by Gasteiger charge is 2.32. The molecule has 3 heteroatoms. The van der Waals surface area contributed by atoms with Gasteiger partial charge in [0.1, 0.15) is 0 Å². The first-order chi connectivity index (χ1) is 8.78. The molecular weight excluding hydrogens is 242 g/mol. The van der Waals surface area contributed by atoms with Gasteiger partial charge >= 0.3 is 0 Å². The van der Waals surface area contributed by atoms with E-state index in [0.29, 0.717) is 6.61 Å². The van der Waals surface area contributed by atoms with Crippen molar-refractivity contribution in [2.75, 3.05) is 19.4 Å². The Balaban J connectivity index is 1.80. The van der Waals surface area contributed by atoms with E-state index in [4.69, 9.17) is 0 Å². The van der Waals surface area contributed by atoms with Crippen molar-refractivity contribution < 1.29 is 5.11 Å². The molecule has 0 aliphatic heterocycles. The molecule has 0 heterocycles. The second kappa shape index (κ2) is 6.60. The molecule has 1 aromatic carbocycles. The number of aliphatic hydroxyl groups is 1. The van der Waals surface area contributed by atoms with E-state index >= 15 is 0 Å². The van der Waals surface area contributed by atoms with Crippen molar-refractivity contribution in [3.63, 3.8) is 0 Å². The quantitative estimate of drug-likeness (QED) is 0.775. The van der Waals surface area contributed by atoms with Crippen LogP contribution in [-0.4, -0.2) is 24.5 Å². The van der Waals surface area contributed by atoms with Gasteiger partial charge in [-0.1, -0.05) is 25.0 Å². The molecule has 0 radical (unpaired) electrons. The predicted molar refractivity (Wildman–Crippen MR) is 77.9 cm³/mol. The summed E-state index contributed by atoms with van der Waals surface area (Å²) in [6, 6.07) is 8.69. The Morgan fingerprint density at radius 1 is 1.22 bits per heavy atom. The zero-order valence-corrected chi connectivity index (χ0v) is 11.9. The second-order valence-corrected chi connectivity index (χ2v) is 6.20. The van der Waals surface area contributed by atoms with E-state index in [9.17, 15) is 5.11 Å². The molecule has 1 saturated carbocycles. The zero-order valence-electron chi connectivity index (χ0n) is 11.1. The molecule has 0 saturated heterocycles. The summed E-state index contributed by atoms with van der Waals surface area (Å²) in [6.07, 6.45) is 6.97. The summed E-state index contributed by atoms with van der Waals surface area (Å²) in [5, 5.41) is 13.0. The average molecular weight is 265 g/mol. The summed E-state index contributed by atoms with van der Waals surface area (Å²) in [5.41, 5.74) is 1.47. The van der Waals surface area contributed by atoms with E-state index < -0.39 is 0 Å². The van der Waals surface area contributed by atoms with Gasteiger partial charge in [0, 0.05) is 30.0 Å². The summed E-state index contributed by atoms with van der Waals surface area (Å²) in [4.78, 5) is 1.31. The highest BCUT2D eigenvalue weighted by atomic mass is 32.2. The predicted octanol–water partition coefficient (Wildman–Crippen LogP) is 3.05. The maximum atomic E-state index is 9.54. The maximum Gasteiger partial charge on any atom is 0.0499 e. The molecule has 0 unspecified atom stereocenters. The van der Waals surface area contributed by atoms with Crippen LogP contribution in [0.4, 0.5) is 0 Å². The minimum absolute atomic E-state index is 0.152. The van der Waals surface area contributed by atoms with Gasteiger partial charge in [0.05, 0.1) is 0 Å². The maximum absolute atomic E-state index is 9.54. The fourth-order valence-electron chi connectivity index (χ4n) is 2.73. The van der Waals surface area contributed by atoms with E-state index in [1.807, 2.05) is 0 Å². The van der Waals surface area contributed by atoms with Crippen LogP contribution in [0.5, 0.6) is 0 Å². The lowest BCUT2D eigenvalue weighted by molar-refractivity contribution is 0.128. The van der Waals surface area contributed by atoms with Crippen molar-refractivity contribution in [3.8, 4) is 0 Å². The average Bonchev–Trinajstić information content (AvgIpc) is 2.89. The summed E-state index contributed by atoms with van der Waals surface area (Å²) < 4.78 is 0. The number of hydrogen-bond donors (Lipinski definition) is 2. The highest BCUT2D eigenvalue weighted by Crippen LogP contribution is 2.36. The van der Waals surface area contributed by atoms with Crippen LogP contribution in [0.25, 0.3) is 0 Å². The Bertz CT molecular complexity index is 357. The Labute approximate surface area is 114 Å². The molecule has 2 nitrogen and oxygen atoms in total. The van der Waals surface area contributed by atoms with Gasteiger partial charge in [-0.05, 0) is 36.8 Å². The summed E-state index contributed by atoms with van der Waals surface area (Å²) in [6.45, 7) is 2.16. The van der Waals surface area contributed by atoms with Crippen LogP contribution in [0.1, 0.15) is 31.2 Å². The Morgan fingerprint density at radius 3 is 2.44 bits per heavy atom. The standard InChI is InChI=1S/C15H23NOS/c1-18-14-6-4-13(5-7-14)10-16-11-15(12-17)8-2-3-9-15/h4-7,16-17H,2-3,8-12H2,1H3. The summed E-state index contributed by atoms with van der Waals surface area (Å²) in [7, 11) is 0. The number of rotatable bonds is 6. The lowest BCUT2D eigenvalue weighted by Crippen LogP contribution is -2.34. The molecule has 0 amide bonds. The van der Waals surface area contributed by atoms with Crippen LogP contribution in [-0.2, 0) is 6.54 Å². The number of nitrogens with one attached hydrogen (secondary N) is 1. The molecule has 2 rings (SSSR count). The first kappa shape index (κ1) is 13.9. The molecule has 100 valence electrons. The van der Waals surface area contributed by atoms with Crippen molar-refractivity contribution in [1.29, 1.82) is 0 Å². The zero-order chi connectivity index (χ0) is 12.8. The molecule has 18 heavy (non-hydrogen) atoms. The summed E-state index contributed by atoms with van der Waals surface area (Å²) in [5.74, 6) is 0. The van der Waals surface area contributed by atoms with Gasteiger partial charge < -0.3 is 10.4 Å². The van der Waals surface area contributed by atoms with Crippen molar-refractivity contribution in [3.05, 3.63) is 29.8 Å². The lowest BCUT2D eigenvalue weighted by atomic mass is 9.87. The number of aliphatic hydroxyl groups excluding tert-OH is 1. The fraction of sp³-hybridized carbons (Fsp3) is 0.600. The van der Waals surface area contributed by atoms with Crippen molar-refractivity contribution in [1.82, 2.24) is 5.32 Å². The van der Waals surface area contributed by atoms with E-state index in [0.717, 1.165) is 13.1 Å². The lowest BCUT2D eigenvalue weighted by Gasteiger charge is -2.26. The summed E-state index contributed by atoms with van der Waals surface area (Å²) >= 11 is 1.77. The molecule has 0 aromatic heterocycles. The van der Waals surface area contributed by atoms with Crippen molar-refractivity contribution >= 4 is 11.8 Å². The van der Waals surface area contributed by atoms with Gasteiger partial charge in [-0.25, -0.2) is 0 Å². The smallest absolute Gasteiger partial charge is 0.0499 e. The molecule has 0 bridgehead atoms. The first-order valence-electron chi connectivity index (χ1n) is 6.72. The van der Waals surface area contributed by atoms with Gasteiger partial charge in [0.15, 0.2) is 0 Å². The number of hydrogen-bond acceptors (Lipinski definition) is 3. The van der Waals surface area contributed by atoms with E-state index in [1.54, 1.807) is 11.8 Å². The van der Waals surface area contributed by atoms with Crippen LogP contribution in [0, 0.1) is 5.41 Å². The third kappa shape index (κ3) is 3.50. The van der Waals surface area contributed by atoms with Crippen molar-refractivity contribution in [2.45, 2.75) is 37.1 Å². The van der Waals surface area contributed by atoms with Gasteiger partial charge in [-0.2, -0.15) is 0 Å². The van der Waals surface area contributed by atoms with Gasteiger partial charge in [0.2, 0.25) is 0 Å². The third-order valence-electron chi connectivity index (χ3n) is 3.99. The molecule has 0 spiro atoms. The van der Waals surface area contributed by atoms with Crippen LogP contribution < -0.4 is 5.32 Å². The van der Waals surface area contributed by atoms with Crippen LogP contribution in [0.2, 0.25) is 0 Å². The van der Waals surface area contributed by atoms with E-state index in [2.05, 4.69) is 35.8 Å². The van der Waals surface area contributed by atoms with Gasteiger partial charge in [0.25, 0.3) is 0 Å². The monoisotopic (exact) mass is 265 g/mol. The van der Waals surface area contributed by atoms with E-state index in [-0.39, 0.29) is 5.41 Å². The SMILES string of the molecule is CSc1ccc(CNCC2(CO)CCCC2)cc1. The largest absolute Gasteiger partial charge is 0.396 e. The molecule has 0 atom stereocenters. The topological polar surface area (TPSA) is 32.3 Å². The van der Waals surface area contributed by atoms with Gasteiger partial charge in [-0.3, -0.25) is 0 Å².